The molecular weight excluding hydrogens is 424 g/mol. The molecule has 0 radical (unpaired) electrons. The molecule has 0 atom stereocenters. The van der Waals surface area contributed by atoms with Crippen molar-refractivity contribution < 1.29 is 13.9 Å². The molecular formula is C24H24N4O3S. The fourth-order valence-corrected chi connectivity index (χ4v) is 3.83. The number of benzene rings is 2. The summed E-state index contributed by atoms with van der Waals surface area (Å²) in [6.45, 7) is 3.45. The van der Waals surface area contributed by atoms with Gasteiger partial charge in [0.25, 0.3) is 0 Å². The van der Waals surface area contributed by atoms with Gasteiger partial charge >= 0.3 is 0 Å². The highest BCUT2D eigenvalue weighted by atomic mass is 32.2. The Bertz CT molecular complexity index is 1130. The molecule has 0 saturated heterocycles. The molecule has 2 heterocycles. The molecule has 4 rings (SSSR count). The zero-order chi connectivity index (χ0) is 22.2. The fourth-order valence-electron chi connectivity index (χ4n) is 3.07. The first kappa shape index (κ1) is 21.7. The van der Waals surface area contributed by atoms with Gasteiger partial charge in [0.2, 0.25) is 11.7 Å². The monoisotopic (exact) mass is 448 g/mol. The minimum atomic E-state index is -0.0867. The lowest BCUT2D eigenvalue weighted by molar-refractivity contribution is -0.118. The lowest BCUT2D eigenvalue weighted by atomic mass is 10.2. The molecule has 0 saturated carbocycles. The van der Waals surface area contributed by atoms with E-state index in [-0.39, 0.29) is 11.7 Å². The lowest BCUT2D eigenvalue weighted by Crippen LogP contribution is -2.29. The van der Waals surface area contributed by atoms with Crippen LogP contribution in [0.25, 0.3) is 11.6 Å². The first-order valence-corrected chi connectivity index (χ1v) is 11.3. The number of thioether (sulfide) groups is 1. The Kier molecular flexibility index (Phi) is 7.24. The summed E-state index contributed by atoms with van der Waals surface area (Å²) in [5.41, 5.74) is 2.29. The summed E-state index contributed by atoms with van der Waals surface area (Å²) in [5, 5.41) is 12.1. The second-order valence-electron chi connectivity index (χ2n) is 7.16. The second-order valence-corrected chi connectivity index (χ2v) is 8.10. The lowest BCUT2D eigenvalue weighted by Gasteiger charge is -2.10. The fraction of sp³-hybridized carbons (Fsp3) is 0.208. The Balaban J connectivity index is 1.33. The molecule has 2 aromatic heterocycles. The standard InChI is InChI=1S/C24H24N4O3S/c1-18-9-11-20(12-10-18)30-15-13-25-22(29)17-32-24-27-26-23(21-8-5-14-31-21)28(24)16-19-6-3-2-4-7-19/h2-12,14H,13,15-17H2,1H3,(H,25,29). The summed E-state index contributed by atoms with van der Waals surface area (Å²) in [6, 6.07) is 21.5. The van der Waals surface area contributed by atoms with Gasteiger partial charge in [-0.15, -0.1) is 10.2 Å². The molecule has 1 amide bonds. The molecule has 0 aliphatic rings. The minimum absolute atomic E-state index is 0.0867. The van der Waals surface area contributed by atoms with Crippen molar-refractivity contribution in [3.8, 4) is 17.3 Å². The number of rotatable bonds is 10. The first-order chi connectivity index (χ1) is 15.7. The SMILES string of the molecule is Cc1ccc(OCCNC(=O)CSc2nnc(-c3ccco3)n2Cc2ccccc2)cc1. The number of amides is 1. The number of nitrogens with zero attached hydrogens (tertiary/aromatic N) is 3. The van der Waals surface area contributed by atoms with E-state index in [9.17, 15) is 4.79 Å². The van der Waals surface area contributed by atoms with Gasteiger partial charge in [0.15, 0.2) is 10.9 Å². The van der Waals surface area contributed by atoms with E-state index in [2.05, 4.69) is 15.5 Å². The highest BCUT2D eigenvalue weighted by Gasteiger charge is 2.17. The van der Waals surface area contributed by atoms with Crippen molar-refractivity contribution in [2.24, 2.45) is 0 Å². The molecule has 7 nitrogen and oxygen atoms in total. The number of aromatic nitrogens is 3. The largest absolute Gasteiger partial charge is 0.492 e. The maximum absolute atomic E-state index is 12.3. The quantitative estimate of drug-likeness (QED) is 0.289. The van der Waals surface area contributed by atoms with Crippen LogP contribution in [0.4, 0.5) is 0 Å². The third-order valence-corrected chi connectivity index (χ3v) is 5.65. The van der Waals surface area contributed by atoms with Crippen LogP contribution in [0.3, 0.4) is 0 Å². The van der Waals surface area contributed by atoms with E-state index >= 15 is 0 Å². The number of carbonyl (C=O) groups is 1. The van der Waals surface area contributed by atoms with Gasteiger partial charge < -0.3 is 14.5 Å². The molecule has 0 aliphatic heterocycles. The van der Waals surface area contributed by atoms with E-state index in [1.54, 1.807) is 6.26 Å². The van der Waals surface area contributed by atoms with Crippen LogP contribution >= 0.6 is 11.8 Å². The minimum Gasteiger partial charge on any atom is -0.492 e. The van der Waals surface area contributed by atoms with E-state index in [0.717, 1.165) is 11.3 Å². The van der Waals surface area contributed by atoms with Crippen molar-refractivity contribution in [2.75, 3.05) is 18.9 Å². The molecule has 0 bridgehead atoms. The molecule has 0 fully saturated rings. The van der Waals surface area contributed by atoms with Crippen molar-refractivity contribution in [3.63, 3.8) is 0 Å². The molecule has 0 unspecified atom stereocenters. The molecule has 0 spiro atoms. The third kappa shape index (κ3) is 5.79. The summed E-state index contributed by atoms with van der Waals surface area (Å²) in [5.74, 6) is 2.21. The van der Waals surface area contributed by atoms with Gasteiger partial charge in [-0.05, 0) is 36.8 Å². The Labute approximate surface area is 190 Å². The maximum Gasteiger partial charge on any atom is 0.230 e. The highest BCUT2D eigenvalue weighted by Crippen LogP contribution is 2.25. The third-order valence-electron chi connectivity index (χ3n) is 4.69. The normalized spacial score (nSPS) is 10.8. The molecule has 8 heteroatoms. The first-order valence-electron chi connectivity index (χ1n) is 10.3. The van der Waals surface area contributed by atoms with Crippen LogP contribution in [0.15, 0.2) is 82.6 Å². The molecule has 1 N–H and O–H groups in total. The van der Waals surface area contributed by atoms with Gasteiger partial charge in [-0.25, -0.2) is 0 Å². The van der Waals surface area contributed by atoms with Gasteiger partial charge in [-0.1, -0.05) is 59.8 Å². The van der Waals surface area contributed by atoms with Crippen LogP contribution in [0.1, 0.15) is 11.1 Å². The number of hydrogen-bond acceptors (Lipinski definition) is 6. The van der Waals surface area contributed by atoms with E-state index in [0.29, 0.717) is 36.4 Å². The van der Waals surface area contributed by atoms with Crippen LogP contribution in [0.5, 0.6) is 5.75 Å². The van der Waals surface area contributed by atoms with Gasteiger partial charge in [0.1, 0.15) is 12.4 Å². The second kappa shape index (κ2) is 10.7. The number of furan rings is 1. The topological polar surface area (TPSA) is 82.2 Å². The molecule has 0 aliphatic carbocycles. The van der Waals surface area contributed by atoms with Gasteiger partial charge in [0, 0.05) is 0 Å². The van der Waals surface area contributed by atoms with E-state index < -0.39 is 0 Å². The Morgan fingerprint density at radius 3 is 2.62 bits per heavy atom. The molecule has 2 aromatic carbocycles. The van der Waals surface area contributed by atoms with Gasteiger partial charge in [-0.3, -0.25) is 9.36 Å². The number of nitrogens with one attached hydrogen (secondary N) is 1. The van der Waals surface area contributed by atoms with Crippen LogP contribution in [-0.4, -0.2) is 39.6 Å². The summed E-state index contributed by atoms with van der Waals surface area (Å²) in [4.78, 5) is 12.3. The number of ether oxygens (including phenoxy) is 1. The molecule has 4 aromatic rings. The van der Waals surface area contributed by atoms with Crippen LogP contribution in [-0.2, 0) is 11.3 Å². The Hall–Kier alpha value is -3.52. The van der Waals surface area contributed by atoms with Crippen molar-refractivity contribution in [2.45, 2.75) is 18.6 Å². The highest BCUT2D eigenvalue weighted by molar-refractivity contribution is 7.99. The van der Waals surface area contributed by atoms with Crippen LogP contribution < -0.4 is 10.1 Å². The predicted octanol–water partition coefficient (Wildman–Crippen LogP) is 4.18. The molecule has 164 valence electrons. The average Bonchev–Trinajstić information content (AvgIpc) is 3.47. The van der Waals surface area contributed by atoms with E-state index in [1.807, 2.05) is 78.2 Å². The Morgan fingerprint density at radius 1 is 1.06 bits per heavy atom. The predicted molar refractivity (Wildman–Crippen MR) is 124 cm³/mol. The van der Waals surface area contributed by atoms with Gasteiger partial charge in [-0.2, -0.15) is 0 Å². The summed E-state index contributed by atoms with van der Waals surface area (Å²) in [6.07, 6.45) is 1.61. The van der Waals surface area contributed by atoms with Crippen molar-refractivity contribution in [1.82, 2.24) is 20.1 Å². The smallest absolute Gasteiger partial charge is 0.230 e. The van der Waals surface area contributed by atoms with Crippen molar-refractivity contribution >= 4 is 17.7 Å². The van der Waals surface area contributed by atoms with Gasteiger partial charge in [0.05, 0.1) is 25.1 Å². The Morgan fingerprint density at radius 2 is 1.88 bits per heavy atom. The van der Waals surface area contributed by atoms with Crippen molar-refractivity contribution in [3.05, 3.63) is 84.1 Å². The average molecular weight is 449 g/mol. The van der Waals surface area contributed by atoms with E-state index in [1.165, 1.54) is 17.3 Å². The van der Waals surface area contributed by atoms with Crippen LogP contribution in [0.2, 0.25) is 0 Å². The summed E-state index contributed by atoms with van der Waals surface area (Å²) < 4.78 is 13.1. The number of hydrogen-bond donors (Lipinski definition) is 1. The zero-order valence-corrected chi connectivity index (χ0v) is 18.5. The van der Waals surface area contributed by atoms with E-state index in [4.69, 9.17) is 9.15 Å². The number of aryl methyl sites for hydroxylation is 1. The summed E-state index contributed by atoms with van der Waals surface area (Å²) in [7, 11) is 0. The summed E-state index contributed by atoms with van der Waals surface area (Å²) >= 11 is 1.34. The van der Waals surface area contributed by atoms with Crippen LogP contribution in [0, 0.1) is 6.92 Å². The maximum atomic E-state index is 12.3. The molecule has 32 heavy (non-hydrogen) atoms. The zero-order valence-electron chi connectivity index (χ0n) is 17.7. The van der Waals surface area contributed by atoms with Crippen molar-refractivity contribution in [1.29, 1.82) is 0 Å². The number of carbonyl (C=O) groups excluding carboxylic acids is 1.